The number of aromatic nitrogens is 2. The first-order valence-electron chi connectivity index (χ1n) is 12.6. The number of aryl methyl sites for hydroxylation is 2. The van der Waals surface area contributed by atoms with Crippen LogP contribution in [0.15, 0.2) is 103 Å². The van der Waals surface area contributed by atoms with Crippen molar-refractivity contribution < 1.29 is 19.4 Å². The number of benzene rings is 3. The van der Waals surface area contributed by atoms with Crippen LogP contribution in [0.1, 0.15) is 34.7 Å². The van der Waals surface area contributed by atoms with Crippen molar-refractivity contribution in [3.05, 3.63) is 125 Å². The fourth-order valence-electron chi connectivity index (χ4n) is 4.73. The predicted octanol–water partition coefficient (Wildman–Crippen LogP) is 5.28. The second-order valence-electron chi connectivity index (χ2n) is 9.30. The molecule has 0 aliphatic carbocycles. The normalized spacial score (nSPS) is 16.7. The first kappa shape index (κ1) is 25.0. The number of rotatable bonds is 9. The third-order valence-corrected chi connectivity index (χ3v) is 6.81. The number of amides is 1. The van der Waals surface area contributed by atoms with Crippen molar-refractivity contribution in [1.29, 1.82) is 0 Å². The highest BCUT2D eigenvalue weighted by atomic mass is 16.5. The quantitative estimate of drug-likeness (QED) is 0.189. The zero-order chi connectivity index (χ0) is 26.5. The molecule has 0 bridgehead atoms. The van der Waals surface area contributed by atoms with Crippen LogP contribution in [0.3, 0.4) is 0 Å². The van der Waals surface area contributed by atoms with Gasteiger partial charge in [0, 0.05) is 31.0 Å². The summed E-state index contributed by atoms with van der Waals surface area (Å²) >= 11 is 0. The first-order valence-corrected chi connectivity index (χ1v) is 12.6. The van der Waals surface area contributed by atoms with Crippen molar-refractivity contribution in [2.45, 2.75) is 32.5 Å². The molecule has 1 saturated heterocycles. The summed E-state index contributed by atoms with van der Waals surface area (Å²) < 4.78 is 7.85. The van der Waals surface area contributed by atoms with E-state index in [1.807, 2.05) is 72.3 Å². The molecule has 0 radical (unpaired) electrons. The average Bonchev–Trinajstić information content (AvgIpc) is 3.55. The van der Waals surface area contributed by atoms with Crippen LogP contribution < -0.4 is 4.74 Å². The number of hydrogen-bond donors (Lipinski definition) is 1. The fraction of sp³-hybridized carbons (Fsp3) is 0.194. The monoisotopic (exact) mass is 507 g/mol. The van der Waals surface area contributed by atoms with Gasteiger partial charge in [-0.2, -0.15) is 0 Å². The minimum atomic E-state index is -0.682. The molecule has 0 unspecified atom stereocenters. The van der Waals surface area contributed by atoms with Gasteiger partial charge in [-0.25, -0.2) is 4.98 Å². The number of carbonyl (C=O) groups is 2. The van der Waals surface area contributed by atoms with E-state index in [0.29, 0.717) is 37.4 Å². The number of carbonyl (C=O) groups excluding carboxylic acids is 2. The van der Waals surface area contributed by atoms with Crippen LogP contribution in [0.4, 0.5) is 0 Å². The van der Waals surface area contributed by atoms with Crippen molar-refractivity contribution in [2.75, 3.05) is 6.54 Å². The Bertz CT molecular complexity index is 1440. The van der Waals surface area contributed by atoms with E-state index >= 15 is 0 Å². The molecule has 1 amide bonds. The van der Waals surface area contributed by atoms with E-state index < -0.39 is 17.7 Å². The van der Waals surface area contributed by atoms with E-state index in [0.717, 1.165) is 16.7 Å². The maximum absolute atomic E-state index is 13.2. The van der Waals surface area contributed by atoms with Crippen LogP contribution in [0, 0.1) is 6.92 Å². The Balaban J connectivity index is 1.40. The first-order chi connectivity index (χ1) is 18.5. The Hall–Kier alpha value is -4.65. The molecule has 0 spiro atoms. The summed E-state index contributed by atoms with van der Waals surface area (Å²) in [5, 5.41) is 11.3. The molecule has 4 aromatic rings. The highest BCUT2D eigenvalue weighted by molar-refractivity contribution is 6.46. The molecule has 7 nitrogen and oxygen atoms in total. The van der Waals surface area contributed by atoms with Crippen molar-refractivity contribution in [3.8, 4) is 5.75 Å². The molecule has 1 aromatic heterocycles. The van der Waals surface area contributed by atoms with Crippen molar-refractivity contribution in [2.24, 2.45) is 0 Å². The third-order valence-electron chi connectivity index (χ3n) is 6.81. The van der Waals surface area contributed by atoms with E-state index in [1.54, 1.807) is 41.7 Å². The van der Waals surface area contributed by atoms with Gasteiger partial charge in [-0.05, 0) is 54.3 Å². The standard InChI is InChI=1S/C31H29N3O4/c1-22-8-5-6-11-25(22)20-38-26-14-12-24(13-15-26)29(35)27-28(23-9-3-2-4-10-23)34(31(37)30(27)36)18-7-17-33-19-16-32-21-33/h2-6,8-16,19,21,28,35H,7,17-18,20H2,1H3/t28-/m1/s1. The topological polar surface area (TPSA) is 84.7 Å². The van der Waals surface area contributed by atoms with Crippen molar-refractivity contribution >= 4 is 17.4 Å². The van der Waals surface area contributed by atoms with Gasteiger partial charge >= 0.3 is 0 Å². The van der Waals surface area contributed by atoms with Gasteiger partial charge < -0.3 is 19.3 Å². The average molecular weight is 508 g/mol. The van der Waals surface area contributed by atoms with Crippen molar-refractivity contribution in [3.63, 3.8) is 0 Å². The highest BCUT2D eigenvalue weighted by Crippen LogP contribution is 2.39. The van der Waals surface area contributed by atoms with Crippen LogP contribution in [0.2, 0.25) is 0 Å². The molecule has 1 aliphatic rings. The number of ether oxygens (including phenoxy) is 1. The molecule has 7 heteroatoms. The molecule has 1 atom stereocenters. The maximum atomic E-state index is 13.2. The number of aliphatic hydroxyl groups excluding tert-OH is 1. The summed E-state index contributed by atoms with van der Waals surface area (Å²) in [7, 11) is 0. The Morgan fingerprint density at radius 1 is 0.947 bits per heavy atom. The van der Waals surface area contributed by atoms with E-state index in [2.05, 4.69) is 4.98 Å². The van der Waals surface area contributed by atoms with Gasteiger partial charge in [0.2, 0.25) is 0 Å². The van der Waals surface area contributed by atoms with Gasteiger partial charge in [-0.15, -0.1) is 0 Å². The minimum absolute atomic E-state index is 0.0948. The van der Waals surface area contributed by atoms with Gasteiger partial charge in [-0.3, -0.25) is 9.59 Å². The smallest absolute Gasteiger partial charge is 0.295 e. The van der Waals surface area contributed by atoms with Crippen LogP contribution in [0.25, 0.3) is 5.76 Å². The van der Waals surface area contributed by atoms with Crippen LogP contribution in [-0.4, -0.2) is 37.8 Å². The largest absolute Gasteiger partial charge is 0.507 e. The number of aliphatic hydroxyl groups is 1. The molecule has 38 heavy (non-hydrogen) atoms. The number of imidazole rings is 1. The van der Waals surface area contributed by atoms with E-state index in [1.165, 1.54) is 0 Å². The molecule has 0 saturated carbocycles. The second-order valence-corrected chi connectivity index (χ2v) is 9.30. The molecule has 1 fully saturated rings. The van der Waals surface area contributed by atoms with Gasteiger partial charge in [0.05, 0.1) is 17.9 Å². The van der Waals surface area contributed by atoms with Gasteiger partial charge in [-0.1, -0.05) is 54.6 Å². The number of Topliss-reactive ketones (excluding diaryl/α,β-unsaturated/α-hetero) is 1. The SMILES string of the molecule is Cc1ccccc1COc1ccc(C(O)=C2C(=O)C(=O)N(CCCn3ccnc3)[C@@H]2c2ccccc2)cc1. The van der Waals surface area contributed by atoms with Gasteiger partial charge in [0.25, 0.3) is 11.7 Å². The molecule has 1 N–H and O–H groups in total. The van der Waals surface area contributed by atoms with E-state index in [4.69, 9.17) is 4.74 Å². The Morgan fingerprint density at radius 3 is 2.39 bits per heavy atom. The van der Waals surface area contributed by atoms with Crippen LogP contribution in [0.5, 0.6) is 5.75 Å². The molecular weight excluding hydrogens is 478 g/mol. The van der Waals surface area contributed by atoms with Crippen molar-refractivity contribution in [1.82, 2.24) is 14.5 Å². The molecule has 1 aliphatic heterocycles. The number of likely N-dealkylation sites (tertiary alicyclic amines) is 1. The Labute approximate surface area is 221 Å². The van der Waals surface area contributed by atoms with Crippen LogP contribution >= 0.6 is 0 Å². The number of hydrogen-bond acceptors (Lipinski definition) is 5. The highest BCUT2D eigenvalue weighted by Gasteiger charge is 2.45. The molecule has 5 rings (SSSR count). The summed E-state index contributed by atoms with van der Waals surface area (Å²) in [6, 6.07) is 23.6. The Morgan fingerprint density at radius 2 is 1.68 bits per heavy atom. The lowest BCUT2D eigenvalue weighted by molar-refractivity contribution is -0.139. The maximum Gasteiger partial charge on any atom is 0.295 e. The lowest BCUT2D eigenvalue weighted by Gasteiger charge is -2.25. The summed E-state index contributed by atoms with van der Waals surface area (Å²) in [6.45, 7) is 3.49. The number of ketones is 1. The number of nitrogens with zero attached hydrogens (tertiary/aromatic N) is 3. The summed E-state index contributed by atoms with van der Waals surface area (Å²) in [6.07, 6.45) is 5.92. The second kappa shape index (κ2) is 11.2. The summed E-state index contributed by atoms with van der Waals surface area (Å²) in [4.78, 5) is 31.9. The lowest BCUT2D eigenvalue weighted by Crippen LogP contribution is -2.31. The fourth-order valence-corrected chi connectivity index (χ4v) is 4.73. The zero-order valence-corrected chi connectivity index (χ0v) is 21.2. The van der Waals surface area contributed by atoms with E-state index in [-0.39, 0.29) is 11.3 Å². The van der Waals surface area contributed by atoms with Crippen LogP contribution in [-0.2, 0) is 22.7 Å². The summed E-state index contributed by atoms with van der Waals surface area (Å²) in [5.41, 5.74) is 3.56. The molecule has 2 heterocycles. The third kappa shape index (κ3) is 5.22. The van der Waals surface area contributed by atoms with Gasteiger partial charge in [0.15, 0.2) is 0 Å². The Kier molecular flexibility index (Phi) is 7.35. The lowest BCUT2D eigenvalue weighted by atomic mass is 9.95. The minimum Gasteiger partial charge on any atom is -0.507 e. The predicted molar refractivity (Wildman–Crippen MR) is 144 cm³/mol. The molecular formula is C31H29N3O4. The summed E-state index contributed by atoms with van der Waals surface area (Å²) in [5.74, 6) is -0.841. The van der Waals surface area contributed by atoms with E-state index in [9.17, 15) is 14.7 Å². The van der Waals surface area contributed by atoms with Gasteiger partial charge in [0.1, 0.15) is 18.1 Å². The molecule has 3 aromatic carbocycles. The zero-order valence-electron chi connectivity index (χ0n) is 21.2. The molecule has 192 valence electrons.